The smallest absolute Gasteiger partial charge is 0.268 e. The molecule has 0 aliphatic rings. The Kier molecular flexibility index (Phi) is 53.1. The third kappa shape index (κ3) is 56.2. The maximum absolute atomic E-state index is 13.0. The number of carbonyl (C=O) groups is 1. The molecule has 0 aromatic rings. The number of phosphoric acid groups is 1. The summed E-state index contributed by atoms with van der Waals surface area (Å²) in [6.45, 7) is 4.62. The molecule has 2 N–H and O–H groups in total. The van der Waals surface area contributed by atoms with Crippen molar-refractivity contribution in [2.24, 2.45) is 0 Å². The molecule has 0 bridgehead atoms. The lowest BCUT2D eigenvalue weighted by molar-refractivity contribution is -0.870. The first-order chi connectivity index (χ1) is 35.0. The second-order valence-corrected chi connectivity index (χ2v) is 23.8. The topological polar surface area (TPSA) is 108 Å². The van der Waals surface area contributed by atoms with Crippen molar-refractivity contribution in [1.29, 1.82) is 0 Å². The Hall–Kier alpha value is -1.54. The quantitative estimate of drug-likeness (QED) is 0.0272. The number of hydrogen-bond acceptors (Lipinski definition) is 6. The molecule has 0 heterocycles. The molecule has 0 aliphatic heterocycles. The monoisotopic (exact) mass is 1030 g/mol. The van der Waals surface area contributed by atoms with E-state index in [1.54, 1.807) is 0 Å². The molecule has 0 saturated heterocycles. The Balaban J connectivity index is 3.81. The van der Waals surface area contributed by atoms with Crippen LogP contribution in [0.4, 0.5) is 0 Å². The number of likely N-dealkylation sites (N-methyl/N-ethyl adjacent to an activating group) is 1. The molecule has 8 nitrogen and oxygen atoms in total. The van der Waals surface area contributed by atoms with Crippen LogP contribution < -0.4 is 10.2 Å². The van der Waals surface area contributed by atoms with E-state index in [0.717, 1.165) is 64.2 Å². The van der Waals surface area contributed by atoms with Crippen molar-refractivity contribution < 1.29 is 32.9 Å². The van der Waals surface area contributed by atoms with Crippen molar-refractivity contribution in [2.75, 3.05) is 40.9 Å². The molecule has 0 fully saturated rings. The predicted octanol–water partition coefficient (Wildman–Crippen LogP) is 18.5. The van der Waals surface area contributed by atoms with Crippen LogP contribution in [0, 0.1) is 0 Å². The molecule has 0 aliphatic carbocycles. The van der Waals surface area contributed by atoms with Crippen molar-refractivity contribution in [3.63, 3.8) is 0 Å². The van der Waals surface area contributed by atoms with Gasteiger partial charge in [-0.3, -0.25) is 9.36 Å². The van der Waals surface area contributed by atoms with E-state index in [2.05, 4.69) is 67.8 Å². The molecule has 0 rings (SSSR count). The van der Waals surface area contributed by atoms with E-state index in [1.165, 1.54) is 205 Å². The summed E-state index contributed by atoms with van der Waals surface area (Å²) in [5, 5.41) is 14.0. The third-order valence-electron chi connectivity index (χ3n) is 14.1. The van der Waals surface area contributed by atoms with Crippen LogP contribution in [-0.4, -0.2) is 68.5 Å². The highest BCUT2D eigenvalue weighted by Gasteiger charge is 2.24. The van der Waals surface area contributed by atoms with Crippen LogP contribution in [0.15, 0.2) is 48.6 Å². The molecule has 0 spiro atoms. The summed E-state index contributed by atoms with van der Waals surface area (Å²) in [5.41, 5.74) is 0. The molecule has 0 radical (unpaired) electrons. The zero-order valence-corrected chi connectivity index (χ0v) is 49.3. The molecule has 424 valence electrons. The molecule has 0 aromatic carbocycles. The normalized spacial score (nSPS) is 14.2. The van der Waals surface area contributed by atoms with Gasteiger partial charge in [0.2, 0.25) is 5.91 Å². The van der Waals surface area contributed by atoms with Crippen molar-refractivity contribution in [3.8, 4) is 0 Å². The van der Waals surface area contributed by atoms with Crippen LogP contribution in [0.25, 0.3) is 0 Å². The Bertz CT molecular complexity index is 1310. The van der Waals surface area contributed by atoms with Gasteiger partial charge in [0.1, 0.15) is 13.2 Å². The molecule has 3 unspecified atom stereocenters. The van der Waals surface area contributed by atoms with Gasteiger partial charge in [-0.2, -0.15) is 0 Å². The number of carbonyl (C=O) groups excluding carboxylic acids is 1. The van der Waals surface area contributed by atoms with Gasteiger partial charge in [0.15, 0.2) is 0 Å². The van der Waals surface area contributed by atoms with E-state index in [1.807, 2.05) is 21.1 Å². The van der Waals surface area contributed by atoms with Gasteiger partial charge in [-0.05, 0) is 51.4 Å². The van der Waals surface area contributed by atoms with E-state index in [9.17, 15) is 19.4 Å². The summed E-state index contributed by atoms with van der Waals surface area (Å²) >= 11 is 0. The van der Waals surface area contributed by atoms with E-state index in [-0.39, 0.29) is 19.1 Å². The highest BCUT2D eigenvalue weighted by molar-refractivity contribution is 7.45. The summed E-state index contributed by atoms with van der Waals surface area (Å²) in [5.74, 6) is -0.161. The van der Waals surface area contributed by atoms with Crippen LogP contribution >= 0.6 is 7.82 Å². The molecule has 3 atom stereocenters. The molecule has 72 heavy (non-hydrogen) atoms. The van der Waals surface area contributed by atoms with Gasteiger partial charge >= 0.3 is 0 Å². The molecular weight excluding hydrogens is 912 g/mol. The number of unbranched alkanes of at least 4 members (excludes halogenated alkanes) is 36. The number of hydrogen-bond donors (Lipinski definition) is 2. The van der Waals surface area contributed by atoms with Gasteiger partial charge in [-0.15, -0.1) is 0 Å². The maximum atomic E-state index is 13.0. The number of aliphatic hydroxyl groups excluding tert-OH is 1. The molecule has 0 saturated carbocycles. The van der Waals surface area contributed by atoms with Gasteiger partial charge in [0.05, 0.1) is 39.9 Å². The van der Waals surface area contributed by atoms with E-state index in [4.69, 9.17) is 9.05 Å². The van der Waals surface area contributed by atoms with Gasteiger partial charge < -0.3 is 28.8 Å². The Morgan fingerprint density at radius 2 is 0.847 bits per heavy atom. The minimum Gasteiger partial charge on any atom is -0.756 e. The van der Waals surface area contributed by atoms with Crippen LogP contribution in [0.2, 0.25) is 0 Å². The minimum absolute atomic E-state index is 0.0139. The Morgan fingerprint density at radius 1 is 0.500 bits per heavy atom. The Labute approximate surface area is 448 Å². The standard InChI is InChI=1S/C63H121N2O6P/c1-6-8-10-12-14-16-18-19-20-21-22-23-24-25-26-27-28-29-30-31-32-33-34-35-36-37-38-39-40-41-42-43-44-45-47-49-51-53-55-57-63(67)64-61(60-71-72(68,69)70-59-58-65(3,4)5)62(66)56-54-52-50-48-46-17-15-13-11-9-7-2/h8,10,14,16,19-20,22-23,61-62,66H,6-7,9,11-13,15,17-18,21,24-60H2,1-5H3,(H-,64,67,68,69)/b10-8-,16-14-,20-19-,23-22-. The SMILES string of the molecule is CC/C=C\C/C=C\C/C=C\C/C=C\CCCCCCCCCCCCCCCCCCCCCCCCCCCCC(=O)NC(COP(=O)([O-])OCC[N+](C)(C)C)C(O)CCCCCCCCCCCCC. The van der Waals surface area contributed by atoms with Crippen LogP contribution in [-0.2, 0) is 18.4 Å². The first-order valence-electron chi connectivity index (χ1n) is 31.0. The zero-order valence-electron chi connectivity index (χ0n) is 48.4. The summed E-state index contributed by atoms with van der Waals surface area (Å²) < 4.78 is 23.4. The third-order valence-corrected chi connectivity index (χ3v) is 15.0. The number of quaternary nitrogens is 1. The number of nitrogens with zero attached hydrogens (tertiary/aromatic N) is 1. The molecule has 0 aromatic heterocycles. The second-order valence-electron chi connectivity index (χ2n) is 22.4. The lowest BCUT2D eigenvalue weighted by Crippen LogP contribution is -2.46. The largest absolute Gasteiger partial charge is 0.756 e. The summed E-state index contributed by atoms with van der Waals surface area (Å²) in [7, 11) is 1.32. The van der Waals surface area contributed by atoms with Gasteiger partial charge in [-0.25, -0.2) is 0 Å². The molecule has 1 amide bonds. The average molecular weight is 1030 g/mol. The zero-order chi connectivity index (χ0) is 52.7. The molecule has 9 heteroatoms. The fourth-order valence-electron chi connectivity index (χ4n) is 9.27. The van der Waals surface area contributed by atoms with Crippen LogP contribution in [0.3, 0.4) is 0 Å². The highest BCUT2D eigenvalue weighted by atomic mass is 31.2. The summed E-state index contributed by atoms with van der Waals surface area (Å²) in [4.78, 5) is 25.5. The van der Waals surface area contributed by atoms with E-state index >= 15 is 0 Å². The van der Waals surface area contributed by atoms with Gasteiger partial charge in [0, 0.05) is 6.42 Å². The fraction of sp³-hybridized carbons (Fsp3) is 0.857. The number of phosphoric ester groups is 1. The van der Waals surface area contributed by atoms with Crippen LogP contribution in [0.5, 0.6) is 0 Å². The number of nitrogens with one attached hydrogen (secondary N) is 1. The minimum atomic E-state index is -4.57. The van der Waals surface area contributed by atoms with Crippen LogP contribution in [0.1, 0.15) is 296 Å². The van der Waals surface area contributed by atoms with Crippen molar-refractivity contribution in [2.45, 2.75) is 309 Å². The predicted molar refractivity (Wildman–Crippen MR) is 311 cm³/mol. The van der Waals surface area contributed by atoms with Crippen molar-refractivity contribution in [1.82, 2.24) is 5.32 Å². The first-order valence-corrected chi connectivity index (χ1v) is 32.4. The number of rotatable bonds is 57. The van der Waals surface area contributed by atoms with E-state index in [0.29, 0.717) is 23.9 Å². The fourth-order valence-corrected chi connectivity index (χ4v) is 9.99. The average Bonchev–Trinajstić information content (AvgIpc) is 3.34. The molecular formula is C63H121N2O6P. The van der Waals surface area contributed by atoms with Gasteiger partial charge in [0.25, 0.3) is 7.82 Å². The van der Waals surface area contributed by atoms with Gasteiger partial charge in [-0.1, -0.05) is 287 Å². The first kappa shape index (κ1) is 70.5. The summed E-state index contributed by atoms with van der Waals surface area (Å²) in [6.07, 6.45) is 71.9. The lowest BCUT2D eigenvalue weighted by Gasteiger charge is -2.30. The summed E-state index contributed by atoms with van der Waals surface area (Å²) in [6, 6.07) is -0.797. The number of aliphatic hydroxyl groups is 1. The van der Waals surface area contributed by atoms with Crippen molar-refractivity contribution in [3.05, 3.63) is 48.6 Å². The number of allylic oxidation sites excluding steroid dienone is 8. The lowest BCUT2D eigenvalue weighted by atomic mass is 10.0. The maximum Gasteiger partial charge on any atom is 0.268 e. The van der Waals surface area contributed by atoms with E-state index < -0.39 is 20.0 Å². The second kappa shape index (κ2) is 54.3. The van der Waals surface area contributed by atoms with Crippen molar-refractivity contribution >= 4 is 13.7 Å². The number of amides is 1. The highest BCUT2D eigenvalue weighted by Crippen LogP contribution is 2.38. The Morgan fingerprint density at radius 3 is 1.24 bits per heavy atom.